The quantitative estimate of drug-likeness (QED) is 0.277. The summed E-state index contributed by atoms with van der Waals surface area (Å²) >= 11 is 1.35. The monoisotopic (exact) mass is 482 g/mol. The van der Waals surface area contributed by atoms with Crippen LogP contribution in [0.1, 0.15) is 37.0 Å². The number of aryl methyl sites for hydroxylation is 3. The Morgan fingerprint density at radius 2 is 1.37 bits per heavy atom. The zero-order valence-corrected chi connectivity index (χ0v) is 21.4. The Bertz CT molecular complexity index is 1290. The largest absolute Gasteiger partial charge is 0.325 e. The number of nitrogens with zero attached hydrogens (tertiary/aromatic N) is 3. The first-order valence-corrected chi connectivity index (χ1v) is 12.8. The van der Waals surface area contributed by atoms with Gasteiger partial charge >= 0.3 is 0 Å². The number of carbonyl (C=O) groups excluding carboxylic acids is 1. The molecule has 178 valence electrons. The summed E-state index contributed by atoms with van der Waals surface area (Å²) in [6.07, 6.45) is 1.61. The highest BCUT2D eigenvalue weighted by Gasteiger charge is 2.22. The molecular formula is C29H30N4OS. The van der Waals surface area contributed by atoms with Gasteiger partial charge in [-0.2, -0.15) is 0 Å². The second-order valence-corrected chi connectivity index (χ2v) is 9.75. The highest BCUT2D eigenvalue weighted by Crippen LogP contribution is 2.32. The minimum atomic E-state index is -0.334. The zero-order valence-electron chi connectivity index (χ0n) is 20.6. The van der Waals surface area contributed by atoms with Crippen molar-refractivity contribution in [3.8, 4) is 22.5 Å². The number of hydrogen-bond acceptors (Lipinski definition) is 5. The van der Waals surface area contributed by atoms with Crippen LogP contribution in [0.5, 0.6) is 0 Å². The van der Waals surface area contributed by atoms with Gasteiger partial charge in [-0.3, -0.25) is 4.79 Å². The Labute approximate surface area is 211 Å². The van der Waals surface area contributed by atoms with Gasteiger partial charge in [0.15, 0.2) is 0 Å². The van der Waals surface area contributed by atoms with Crippen molar-refractivity contribution in [3.05, 3.63) is 89.5 Å². The van der Waals surface area contributed by atoms with Gasteiger partial charge in [0, 0.05) is 16.8 Å². The van der Waals surface area contributed by atoms with E-state index in [1.54, 1.807) is 0 Å². The summed E-state index contributed by atoms with van der Waals surface area (Å²) in [5.74, 6) is -0.0650. The van der Waals surface area contributed by atoms with E-state index in [9.17, 15) is 4.79 Å². The van der Waals surface area contributed by atoms with Gasteiger partial charge in [0.05, 0.1) is 5.25 Å². The van der Waals surface area contributed by atoms with Crippen molar-refractivity contribution in [2.24, 2.45) is 0 Å². The van der Waals surface area contributed by atoms with Crippen LogP contribution < -0.4 is 5.32 Å². The number of anilines is 1. The Morgan fingerprint density at radius 1 is 0.800 bits per heavy atom. The van der Waals surface area contributed by atoms with Crippen LogP contribution in [0.25, 0.3) is 22.5 Å². The molecule has 0 fully saturated rings. The fraction of sp³-hybridized carbons (Fsp3) is 0.241. The molecule has 1 amide bonds. The number of amides is 1. The van der Waals surface area contributed by atoms with E-state index in [2.05, 4.69) is 72.7 Å². The first kappa shape index (κ1) is 24.6. The van der Waals surface area contributed by atoms with Gasteiger partial charge in [-0.05, 0) is 44.4 Å². The topological polar surface area (TPSA) is 67.8 Å². The summed E-state index contributed by atoms with van der Waals surface area (Å²) < 4.78 is 0. The summed E-state index contributed by atoms with van der Waals surface area (Å²) in [7, 11) is 0. The van der Waals surface area contributed by atoms with Crippen LogP contribution in [0, 0.1) is 13.8 Å². The van der Waals surface area contributed by atoms with Gasteiger partial charge in [0.25, 0.3) is 0 Å². The second kappa shape index (κ2) is 11.3. The highest BCUT2D eigenvalue weighted by atomic mass is 32.2. The molecule has 0 radical (unpaired) electrons. The zero-order chi connectivity index (χ0) is 24.8. The summed E-state index contributed by atoms with van der Waals surface area (Å²) in [5.41, 5.74) is 7.81. The van der Waals surface area contributed by atoms with Gasteiger partial charge in [-0.25, -0.2) is 4.98 Å². The highest BCUT2D eigenvalue weighted by molar-refractivity contribution is 8.00. The number of nitrogens with one attached hydrogen (secondary N) is 1. The maximum Gasteiger partial charge on any atom is 0.237 e. The molecule has 1 N–H and O–H groups in total. The van der Waals surface area contributed by atoms with Crippen LogP contribution in [-0.2, 0) is 11.2 Å². The van der Waals surface area contributed by atoms with Crippen molar-refractivity contribution in [2.75, 3.05) is 5.32 Å². The molecule has 0 aliphatic rings. The molecule has 0 saturated carbocycles. The van der Waals surface area contributed by atoms with E-state index in [4.69, 9.17) is 4.98 Å². The van der Waals surface area contributed by atoms with Crippen molar-refractivity contribution in [1.82, 2.24) is 15.2 Å². The summed E-state index contributed by atoms with van der Waals surface area (Å²) in [4.78, 5) is 17.9. The fourth-order valence-electron chi connectivity index (χ4n) is 3.68. The minimum Gasteiger partial charge on any atom is -0.325 e. The van der Waals surface area contributed by atoms with Gasteiger partial charge < -0.3 is 5.32 Å². The van der Waals surface area contributed by atoms with Crippen molar-refractivity contribution in [2.45, 2.75) is 50.9 Å². The van der Waals surface area contributed by atoms with Crippen LogP contribution in [0.4, 0.5) is 5.69 Å². The predicted molar refractivity (Wildman–Crippen MR) is 145 cm³/mol. The number of benzene rings is 3. The molecule has 4 aromatic rings. The molecule has 35 heavy (non-hydrogen) atoms. The Hall–Kier alpha value is -3.51. The molecule has 0 bridgehead atoms. The van der Waals surface area contributed by atoms with Crippen LogP contribution in [0.2, 0.25) is 0 Å². The number of rotatable bonds is 8. The number of thioether (sulfide) groups is 1. The molecule has 1 aromatic heterocycles. The molecule has 3 aromatic carbocycles. The Kier molecular flexibility index (Phi) is 7.93. The lowest BCUT2D eigenvalue weighted by Crippen LogP contribution is -2.25. The van der Waals surface area contributed by atoms with E-state index in [0.717, 1.165) is 34.6 Å². The van der Waals surface area contributed by atoms with Crippen molar-refractivity contribution in [1.29, 1.82) is 0 Å². The number of hydrogen-bond donors (Lipinski definition) is 1. The molecular weight excluding hydrogens is 452 g/mol. The smallest absolute Gasteiger partial charge is 0.237 e. The normalized spacial score (nSPS) is 11.8. The summed E-state index contributed by atoms with van der Waals surface area (Å²) in [5, 5.41) is 12.1. The number of carbonyl (C=O) groups is 1. The van der Waals surface area contributed by atoms with Crippen LogP contribution in [0.15, 0.2) is 78.0 Å². The number of aromatic nitrogens is 3. The molecule has 0 aliphatic carbocycles. The molecule has 1 atom stereocenters. The van der Waals surface area contributed by atoms with Crippen molar-refractivity contribution >= 4 is 23.4 Å². The minimum absolute atomic E-state index is 0.0650. The van der Waals surface area contributed by atoms with E-state index < -0.39 is 0 Å². The van der Waals surface area contributed by atoms with E-state index in [1.165, 1.54) is 28.5 Å². The van der Waals surface area contributed by atoms with Gasteiger partial charge in [-0.15, -0.1) is 10.2 Å². The average Bonchev–Trinajstić information content (AvgIpc) is 2.88. The lowest BCUT2D eigenvalue weighted by atomic mass is 10.0. The molecule has 1 heterocycles. The lowest BCUT2D eigenvalue weighted by molar-refractivity contribution is -0.115. The molecule has 0 aliphatic heterocycles. The Balaban J connectivity index is 1.62. The maximum absolute atomic E-state index is 13.0. The molecule has 6 heteroatoms. The maximum atomic E-state index is 13.0. The molecule has 4 rings (SSSR count). The third-order valence-electron chi connectivity index (χ3n) is 5.86. The van der Waals surface area contributed by atoms with Gasteiger partial charge in [0.1, 0.15) is 11.4 Å². The summed E-state index contributed by atoms with van der Waals surface area (Å²) in [6.45, 7) is 8.22. The summed E-state index contributed by atoms with van der Waals surface area (Å²) in [6, 6.07) is 24.4. The van der Waals surface area contributed by atoms with E-state index >= 15 is 0 Å². The predicted octanol–water partition coefficient (Wildman–Crippen LogP) is 6.89. The first-order valence-electron chi connectivity index (χ1n) is 11.9. The first-order chi connectivity index (χ1) is 17.0. The molecule has 0 saturated heterocycles. The SMILES string of the molecule is CCc1ccc(NC(=O)[C@@H](CC)Sc2nnc(-c3ccc(C)cc3)c(-c3ccc(C)cc3)n2)cc1. The third-order valence-corrected chi connectivity index (χ3v) is 7.07. The lowest BCUT2D eigenvalue weighted by Gasteiger charge is -2.15. The van der Waals surface area contributed by atoms with Gasteiger partial charge in [0.2, 0.25) is 11.1 Å². The fourth-order valence-corrected chi connectivity index (χ4v) is 4.49. The average molecular weight is 483 g/mol. The third kappa shape index (κ3) is 6.14. The second-order valence-electron chi connectivity index (χ2n) is 8.58. The molecule has 0 unspecified atom stereocenters. The van der Waals surface area contributed by atoms with Crippen LogP contribution >= 0.6 is 11.8 Å². The van der Waals surface area contributed by atoms with Gasteiger partial charge in [-0.1, -0.05) is 97.4 Å². The molecule has 5 nitrogen and oxygen atoms in total. The van der Waals surface area contributed by atoms with E-state index in [0.29, 0.717) is 11.6 Å². The van der Waals surface area contributed by atoms with Crippen molar-refractivity contribution in [3.63, 3.8) is 0 Å². The van der Waals surface area contributed by atoms with Crippen LogP contribution in [0.3, 0.4) is 0 Å². The van der Waals surface area contributed by atoms with Crippen LogP contribution in [-0.4, -0.2) is 26.3 Å². The standard InChI is InChI=1S/C29H30N4OS/c1-5-21-11-17-24(18-12-21)30-28(34)25(6-2)35-29-31-26(22-13-7-19(3)8-14-22)27(32-33-29)23-15-9-20(4)10-16-23/h7-18,25H,5-6H2,1-4H3,(H,30,34)/t25-/m1/s1. The van der Waals surface area contributed by atoms with E-state index in [1.807, 2.05) is 43.3 Å². The van der Waals surface area contributed by atoms with Crippen molar-refractivity contribution < 1.29 is 4.79 Å². The Morgan fingerprint density at radius 3 is 1.91 bits per heavy atom. The molecule has 0 spiro atoms. The van der Waals surface area contributed by atoms with E-state index in [-0.39, 0.29) is 11.2 Å².